The van der Waals surface area contributed by atoms with Crippen molar-refractivity contribution in [3.63, 3.8) is 0 Å². The van der Waals surface area contributed by atoms with Crippen molar-refractivity contribution in [1.29, 1.82) is 0 Å². The molecular weight excluding hydrogens is 246 g/mol. The van der Waals surface area contributed by atoms with Gasteiger partial charge in [0.15, 0.2) is 12.4 Å². The molecule has 0 aliphatic carbocycles. The number of rotatable bonds is 2. The Morgan fingerprint density at radius 1 is 1.42 bits per heavy atom. The average Bonchev–Trinajstić information content (AvgIpc) is 2.41. The largest absolute Gasteiger partial charge is 0.481 e. The van der Waals surface area contributed by atoms with Crippen LogP contribution in [0.2, 0.25) is 0 Å². The first-order valence-electron chi connectivity index (χ1n) is 5.66. The zero-order chi connectivity index (χ0) is 13.2. The highest BCUT2D eigenvalue weighted by atomic mass is 16.5. The summed E-state index contributed by atoms with van der Waals surface area (Å²) in [6, 6.07) is 6.78. The first kappa shape index (κ1) is 11.3. The molecule has 0 radical (unpaired) electrons. The second-order valence-electron chi connectivity index (χ2n) is 4.01. The fourth-order valence-corrected chi connectivity index (χ4v) is 1.75. The van der Waals surface area contributed by atoms with Crippen LogP contribution in [0, 0.1) is 0 Å². The van der Waals surface area contributed by atoms with E-state index in [9.17, 15) is 4.79 Å². The molecule has 1 aliphatic rings. The number of nitrogen functional groups attached to an aromatic ring is 1. The van der Waals surface area contributed by atoms with Crippen LogP contribution in [-0.2, 0) is 4.79 Å². The van der Waals surface area contributed by atoms with Gasteiger partial charge in [-0.1, -0.05) is 0 Å². The number of carbonyl (C=O) groups excluding carboxylic acids is 1. The van der Waals surface area contributed by atoms with E-state index >= 15 is 0 Å². The zero-order valence-electron chi connectivity index (χ0n) is 9.92. The molecule has 0 saturated carbocycles. The summed E-state index contributed by atoms with van der Waals surface area (Å²) in [4.78, 5) is 15.2. The summed E-state index contributed by atoms with van der Waals surface area (Å²) < 4.78 is 10.9. The Hall–Kier alpha value is -2.76. The lowest BCUT2D eigenvalue weighted by molar-refractivity contribution is -0.118. The highest BCUT2D eigenvalue weighted by Crippen LogP contribution is 2.38. The van der Waals surface area contributed by atoms with Crippen molar-refractivity contribution in [2.24, 2.45) is 0 Å². The van der Waals surface area contributed by atoms with E-state index in [1.807, 2.05) is 0 Å². The second kappa shape index (κ2) is 4.49. The number of pyridine rings is 1. The van der Waals surface area contributed by atoms with E-state index in [0.29, 0.717) is 28.6 Å². The highest BCUT2D eigenvalue weighted by Gasteiger charge is 2.18. The lowest BCUT2D eigenvalue weighted by Gasteiger charge is -2.19. The number of nitrogens with two attached hydrogens (primary N) is 1. The fraction of sp³-hybridized carbons (Fsp3) is 0.0769. The molecule has 1 aromatic carbocycles. The van der Waals surface area contributed by atoms with Crippen LogP contribution in [0.4, 0.5) is 11.4 Å². The van der Waals surface area contributed by atoms with Gasteiger partial charge in [-0.3, -0.25) is 9.78 Å². The SMILES string of the molecule is Nc1cc2c(cc1Oc1cccnc1)NC(=O)CO2. The summed E-state index contributed by atoms with van der Waals surface area (Å²) in [7, 11) is 0. The predicted octanol–water partition coefficient (Wildman–Crippen LogP) is 1.79. The summed E-state index contributed by atoms with van der Waals surface area (Å²) in [6.45, 7) is -0.00471. The van der Waals surface area contributed by atoms with Crippen LogP contribution in [0.1, 0.15) is 0 Å². The minimum Gasteiger partial charge on any atom is -0.481 e. The van der Waals surface area contributed by atoms with Gasteiger partial charge in [0.2, 0.25) is 0 Å². The van der Waals surface area contributed by atoms with E-state index in [1.54, 1.807) is 36.7 Å². The maximum absolute atomic E-state index is 11.3. The van der Waals surface area contributed by atoms with Crippen LogP contribution in [0.25, 0.3) is 0 Å². The highest BCUT2D eigenvalue weighted by molar-refractivity contribution is 5.96. The van der Waals surface area contributed by atoms with E-state index in [1.165, 1.54) is 0 Å². The average molecular weight is 257 g/mol. The Balaban J connectivity index is 1.94. The standard InChI is InChI=1S/C13H11N3O3/c14-9-4-12-10(16-13(17)7-18-12)5-11(9)19-8-2-1-3-15-6-8/h1-6H,7,14H2,(H,16,17). The van der Waals surface area contributed by atoms with Crippen LogP contribution in [0.3, 0.4) is 0 Å². The van der Waals surface area contributed by atoms with E-state index in [2.05, 4.69) is 10.3 Å². The number of nitrogens with zero attached hydrogens (tertiary/aromatic N) is 1. The number of anilines is 2. The first-order chi connectivity index (χ1) is 9.22. The van der Waals surface area contributed by atoms with Gasteiger partial charge >= 0.3 is 0 Å². The predicted molar refractivity (Wildman–Crippen MR) is 69.3 cm³/mol. The summed E-state index contributed by atoms with van der Waals surface area (Å²) in [6.07, 6.45) is 3.23. The fourth-order valence-electron chi connectivity index (χ4n) is 1.75. The quantitative estimate of drug-likeness (QED) is 0.801. The van der Waals surface area contributed by atoms with Crippen LogP contribution in [0.5, 0.6) is 17.2 Å². The number of ether oxygens (including phenoxy) is 2. The van der Waals surface area contributed by atoms with Gasteiger partial charge in [-0.05, 0) is 12.1 Å². The lowest BCUT2D eigenvalue weighted by Crippen LogP contribution is -2.25. The van der Waals surface area contributed by atoms with Crippen molar-refractivity contribution in [2.45, 2.75) is 0 Å². The van der Waals surface area contributed by atoms with Crippen molar-refractivity contribution in [1.82, 2.24) is 4.98 Å². The summed E-state index contributed by atoms with van der Waals surface area (Å²) in [5, 5.41) is 2.70. The molecule has 2 aromatic rings. The molecule has 0 unspecified atom stereocenters. The molecule has 0 spiro atoms. The van der Waals surface area contributed by atoms with Gasteiger partial charge in [-0.15, -0.1) is 0 Å². The first-order valence-corrected chi connectivity index (χ1v) is 5.66. The Labute approximate surface area is 109 Å². The molecule has 0 bridgehead atoms. The third kappa shape index (κ3) is 2.28. The maximum Gasteiger partial charge on any atom is 0.262 e. The number of hydrogen-bond acceptors (Lipinski definition) is 5. The molecule has 0 saturated heterocycles. The molecule has 3 N–H and O–H groups in total. The maximum atomic E-state index is 11.3. The van der Waals surface area contributed by atoms with E-state index in [-0.39, 0.29) is 12.5 Å². The molecule has 19 heavy (non-hydrogen) atoms. The minimum atomic E-state index is -0.204. The van der Waals surface area contributed by atoms with Gasteiger partial charge in [0, 0.05) is 18.3 Å². The van der Waals surface area contributed by atoms with Crippen molar-refractivity contribution >= 4 is 17.3 Å². The van der Waals surface area contributed by atoms with E-state index < -0.39 is 0 Å². The van der Waals surface area contributed by atoms with Crippen LogP contribution in [-0.4, -0.2) is 17.5 Å². The molecular formula is C13H11N3O3. The molecule has 0 atom stereocenters. The molecule has 1 amide bonds. The third-order valence-corrected chi connectivity index (χ3v) is 2.61. The zero-order valence-corrected chi connectivity index (χ0v) is 9.92. The van der Waals surface area contributed by atoms with Crippen molar-refractivity contribution in [3.8, 4) is 17.2 Å². The van der Waals surface area contributed by atoms with Gasteiger partial charge in [-0.2, -0.15) is 0 Å². The molecule has 6 nitrogen and oxygen atoms in total. The number of fused-ring (bicyclic) bond motifs is 1. The molecule has 2 heterocycles. The molecule has 0 fully saturated rings. The van der Waals surface area contributed by atoms with Gasteiger partial charge in [0.25, 0.3) is 5.91 Å². The Morgan fingerprint density at radius 3 is 3.11 bits per heavy atom. The topological polar surface area (TPSA) is 86.5 Å². The minimum absolute atomic E-state index is 0.00471. The number of amides is 1. The summed E-state index contributed by atoms with van der Waals surface area (Å²) >= 11 is 0. The second-order valence-corrected chi connectivity index (χ2v) is 4.01. The normalized spacial score (nSPS) is 13.2. The molecule has 1 aliphatic heterocycles. The van der Waals surface area contributed by atoms with E-state index in [0.717, 1.165) is 0 Å². The van der Waals surface area contributed by atoms with Crippen LogP contribution in [0.15, 0.2) is 36.7 Å². The van der Waals surface area contributed by atoms with Gasteiger partial charge < -0.3 is 20.5 Å². The monoisotopic (exact) mass is 257 g/mol. The Bertz CT molecular complexity index is 629. The number of carbonyl (C=O) groups is 1. The third-order valence-electron chi connectivity index (χ3n) is 2.61. The smallest absolute Gasteiger partial charge is 0.262 e. The van der Waals surface area contributed by atoms with Gasteiger partial charge in [0.1, 0.15) is 11.5 Å². The van der Waals surface area contributed by atoms with Crippen molar-refractivity contribution in [2.75, 3.05) is 17.7 Å². The Morgan fingerprint density at radius 2 is 2.32 bits per heavy atom. The molecule has 1 aromatic heterocycles. The number of nitrogens with one attached hydrogen (secondary N) is 1. The van der Waals surface area contributed by atoms with Gasteiger partial charge in [0.05, 0.1) is 17.6 Å². The van der Waals surface area contributed by atoms with E-state index in [4.69, 9.17) is 15.2 Å². The molecule has 96 valence electrons. The molecule has 3 rings (SSSR count). The number of benzene rings is 1. The Kier molecular flexibility index (Phi) is 2.68. The van der Waals surface area contributed by atoms with Crippen LogP contribution >= 0.6 is 0 Å². The van der Waals surface area contributed by atoms with Crippen LogP contribution < -0.4 is 20.5 Å². The summed E-state index contributed by atoms with van der Waals surface area (Å²) in [5.74, 6) is 1.34. The molecule has 6 heteroatoms. The van der Waals surface area contributed by atoms with Crippen molar-refractivity contribution in [3.05, 3.63) is 36.7 Å². The van der Waals surface area contributed by atoms with Crippen molar-refractivity contribution < 1.29 is 14.3 Å². The summed E-state index contributed by atoms with van der Waals surface area (Å²) in [5.41, 5.74) is 6.86. The number of aromatic nitrogens is 1. The van der Waals surface area contributed by atoms with Gasteiger partial charge in [-0.25, -0.2) is 0 Å². The lowest BCUT2D eigenvalue weighted by atomic mass is 10.2. The number of hydrogen-bond donors (Lipinski definition) is 2.